The van der Waals surface area contributed by atoms with Crippen LogP contribution in [0.1, 0.15) is 37.3 Å². The minimum absolute atomic E-state index is 0. The average molecular weight is 367 g/mol. The zero-order chi connectivity index (χ0) is 16.3. The van der Waals surface area contributed by atoms with E-state index in [9.17, 15) is 4.79 Å². The summed E-state index contributed by atoms with van der Waals surface area (Å²) in [6.07, 6.45) is 2.56. The van der Waals surface area contributed by atoms with Gasteiger partial charge in [-0.2, -0.15) is 0 Å². The molecule has 1 fully saturated rings. The van der Waals surface area contributed by atoms with E-state index in [1.807, 2.05) is 18.2 Å². The van der Waals surface area contributed by atoms with Crippen molar-refractivity contribution >= 4 is 34.8 Å². The Kier molecular flexibility index (Phi) is 6.32. The molecule has 0 spiro atoms. The van der Waals surface area contributed by atoms with E-state index in [4.69, 9.17) is 0 Å². The highest BCUT2D eigenvalue weighted by molar-refractivity contribution is 7.15. The molecule has 1 aliphatic rings. The van der Waals surface area contributed by atoms with Gasteiger partial charge in [0.2, 0.25) is 11.0 Å². The fourth-order valence-electron chi connectivity index (χ4n) is 2.38. The van der Waals surface area contributed by atoms with Crippen LogP contribution in [0, 0.1) is 5.92 Å². The number of anilines is 1. The Morgan fingerprint density at radius 1 is 1.25 bits per heavy atom. The first-order valence-electron chi connectivity index (χ1n) is 7.96. The number of nitrogens with one attached hydrogen (secondary N) is 2. The molecule has 5 nitrogen and oxygen atoms in total. The van der Waals surface area contributed by atoms with E-state index in [2.05, 4.69) is 46.8 Å². The molecular weight excluding hydrogens is 344 g/mol. The number of halogens is 1. The fraction of sp³-hybridized carbons (Fsp3) is 0.471. The summed E-state index contributed by atoms with van der Waals surface area (Å²) in [6.45, 7) is 5.49. The van der Waals surface area contributed by atoms with Crippen LogP contribution >= 0.6 is 23.7 Å². The second-order valence-electron chi connectivity index (χ2n) is 6.53. The normalized spacial score (nSPS) is 14.1. The number of rotatable bonds is 7. The molecule has 130 valence electrons. The topological polar surface area (TPSA) is 66.9 Å². The number of carbonyl (C=O) groups excluding carboxylic acids is 1. The van der Waals surface area contributed by atoms with Gasteiger partial charge in [0.05, 0.1) is 6.54 Å². The van der Waals surface area contributed by atoms with Crippen molar-refractivity contribution in [3.8, 4) is 0 Å². The monoisotopic (exact) mass is 366 g/mol. The van der Waals surface area contributed by atoms with Gasteiger partial charge in [0.1, 0.15) is 5.01 Å². The molecule has 1 aliphatic carbocycles. The molecule has 0 aliphatic heterocycles. The Balaban J connectivity index is 0.00000208. The summed E-state index contributed by atoms with van der Waals surface area (Å²) in [5.74, 6) is 0.702. The maximum atomic E-state index is 11.9. The molecule has 3 rings (SSSR count). The average Bonchev–Trinajstić information content (AvgIpc) is 3.24. The number of benzene rings is 1. The van der Waals surface area contributed by atoms with Gasteiger partial charge in [-0.3, -0.25) is 10.1 Å². The highest BCUT2D eigenvalue weighted by Gasteiger charge is 2.27. The van der Waals surface area contributed by atoms with Crippen LogP contribution in [0.3, 0.4) is 0 Å². The summed E-state index contributed by atoms with van der Waals surface area (Å²) < 4.78 is 0. The third kappa shape index (κ3) is 4.75. The van der Waals surface area contributed by atoms with Crippen molar-refractivity contribution in [2.24, 2.45) is 5.92 Å². The lowest BCUT2D eigenvalue weighted by Crippen LogP contribution is -2.29. The Morgan fingerprint density at radius 2 is 1.96 bits per heavy atom. The lowest BCUT2D eigenvalue weighted by molar-refractivity contribution is -0.115. The first-order chi connectivity index (χ1) is 11.1. The zero-order valence-electron chi connectivity index (χ0n) is 13.9. The molecular formula is C17H23ClN4OS. The van der Waals surface area contributed by atoms with Crippen LogP contribution in [0.5, 0.6) is 0 Å². The van der Waals surface area contributed by atoms with Crippen LogP contribution in [0.2, 0.25) is 0 Å². The van der Waals surface area contributed by atoms with Crippen LogP contribution in [0.15, 0.2) is 30.3 Å². The molecule has 1 amide bonds. The Morgan fingerprint density at radius 3 is 2.62 bits per heavy atom. The second kappa shape index (κ2) is 8.05. The quantitative estimate of drug-likeness (QED) is 0.789. The van der Waals surface area contributed by atoms with Gasteiger partial charge in [-0.05, 0) is 44.7 Å². The fourth-order valence-corrected chi connectivity index (χ4v) is 3.26. The van der Waals surface area contributed by atoms with Crippen LogP contribution in [0.25, 0.3) is 0 Å². The van der Waals surface area contributed by atoms with Crippen molar-refractivity contribution in [1.82, 2.24) is 15.5 Å². The van der Waals surface area contributed by atoms with Crippen molar-refractivity contribution in [2.75, 3.05) is 18.4 Å². The van der Waals surface area contributed by atoms with Crippen molar-refractivity contribution in [1.29, 1.82) is 0 Å². The first-order valence-corrected chi connectivity index (χ1v) is 8.77. The summed E-state index contributed by atoms with van der Waals surface area (Å²) >= 11 is 1.43. The predicted molar refractivity (Wildman–Crippen MR) is 100.0 cm³/mol. The molecule has 1 heterocycles. The molecule has 0 atom stereocenters. The van der Waals surface area contributed by atoms with Crippen LogP contribution < -0.4 is 10.6 Å². The third-order valence-electron chi connectivity index (χ3n) is 4.12. The van der Waals surface area contributed by atoms with Gasteiger partial charge in [0.15, 0.2) is 0 Å². The predicted octanol–water partition coefficient (Wildman–Crippen LogP) is 3.22. The second-order valence-corrected chi connectivity index (χ2v) is 7.50. The van der Waals surface area contributed by atoms with Crippen LogP contribution in [0.4, 0.5) is 5.13 Å². The van der Waals surface area contributed by atoms with E-state index in [0.717, 1.165) is 17.5 Å². The van der Waals surface area contributed by atoms with Gasteiger partial charge in [-0.25, -0.2) is 0 Å². The molecule has 1 aromatic heterocycles. The molecule has 0 bridgehead atoms. The zero-order valence-corrected chi connectivity index (χ0v) is 15.5. The van der Waals surface area contributed by atoms with E-state index in [1.54, 1.807) is 0 Å². The Bertz CT molecular complexity index is 670. The first kappa shape index (κ1) is 18.8. The molecule has 7 heteroatoms. The van der Waals surface area contributed by atoms with Gasteiger partial charge in [-0.15, -0.1) is 22.6 Å². The summed E-state index contributed by atoms with van der Waals surface area (Å²) in [5, 5.41) is 15.8. The summed E-state index contributed by atoms with van der Waals surface area (Å²) in [6, 6.07) is 10.2. The lowest BCUT2D eigenvalue weighted by Gasteiger charge is -2.21. The summed E-state index contributed by atoms with van der Waals surface area (Å²) in [5.41, 5.74) is 0.951. The van der Waals surface area contributed by atoms with Crippen molar-refractivity contribution in [2.45, 2.75) is 32.1 Å². The van der Waals surface area contributed by atoms with Crippen LogP contribution in [-0.2, 0) is 10.2 Å². The summed E-state index contributed by atoms with van der Waals surface area (Å²) in [4.78, 5) is 11.9. The number of nitrogens with zero attached hydrogens (tertiary/aromatic N) is 2. The van der Waals surface area contributed by atoms with Crippen molar-refractivity contribution in [3.63, 3.8) is 0 Å². The molecule has 2 aromatic rings. The largest absolute Gasteiger partial charge is 0.308 e. The van der Waals surface area contributed by atoms with Gasteiger partial charge in [0, 0.05) is 5.41 Å². The molecule has 0 radical (unpaired) electrons. The van der Waals surface area contributed by atoms with Gasteiger partial charge in [-0.1, -0.05) is 41.7 Å². The minimum atomic E-state index is -0.230. The highest BCUT2D eigenvalue weighted by atomic mass is 35.5. The number of carbonyl (C=O) groups is 1. The van der Waals surface area contributed by atoms with E-state index in [-0.39, 0.29) is 23.7 Å². The molecule has 1 aromatic carbocycles. The van der Waals surface area contributed by atoms with E-state index < -0.39 is 0 Å². The van der Waals surface area contributed by atoms with E-state index in [0.29, 0.717) is 11.7 Å². The Hall–Kier alpha value is -1.50. The smallest absolute Gasteiger partial charge is 0.240 e. The van der Waals surface area contributed by atoms with Crippen LogP contribution in [-0.4, -0.2) is 29.2 Å². The maximum absolute atomic E-state index is 11.9. The lowest BCUT2D eigenvalue weighted by atomic mass is 9.85. The SMILES string of the molecule is CC(C)(c1ccccc1)c1nnc(NC(=O)CNCC2CC2)s1.Cl. The van der Waals surface area contributed by atoms with E-state index in [1.165, 1.54) is 29.7 Å². The van der Waals surface area contributed by atoms with Crippen molar-refractivity contribution < 1.29 is 4.79 Å². The number of aromatic nitrogens is 2. The number of hydrogen-bond acceptors (Lipinski definition) is 5. The van der Waals surface area contributed by atoms with Gasteiger partial charge >= 0.3 is 0 Å². The molecule has 2 N–H and O–H groups in total. The number of hydrogen-bond donors (Lipinski definition) is 2. The van der Waals surface area contributed by atoms with E-state index >= 15 is 0 Å². The maximum Gasteiger partial charge on any atom is 0.240 e. The molecule has 0 unspecified atom stereocenters. The molecule has 0 saturated heterocycles. The highest BCUT2D eigenvalue weighted by Crippen LogP contribution is 2.34. The van der Waals surface area contributed by atoms with Gasteiger partial charge < -0.3 is 5.32 Å². The number of amides is 1. The third-order valence-corrected chi connectivity index (χ3v) is 5.28. The summed E-state index contributed by atoms with van der Waals surface area (Å²) in [7, 11) is 0. The molecule has 24 heavy (non-hydrogen) atoms. The molecule has 1 saturated carbocycles. The van der Waals surface area contributed by atoms with Crippen molar-refractivity contribution in [3.05, 3.63) is 40.9 Å². The standard InChI is InChI=1S/C17H22N4OS.ClH/c1-17(2,13-6-4-3-5-7-13)15-20-21-16(23-15)19-14(22)11-18-10-12-8-9-12;/h3-7,12,18H,8-11H2,1-2H3,(H,19,21,22);1H. The van der Waals surface area contributed by atoms with Gasteiger partial charge in [0.25, 0.3) is 0 Å². The minimum Gasteiger partial charge on any atom is -0.308 e. The Labute approximate surface area is 152 Å².